The fourth-order valence-electron chi connectivity index (χ4n) is 3.04. The van der Waals surface area contributed by atoms with Gasteiger partial charge in [0.25, 0.3) is 5.91 Å². The molecular weight excluding hydrogens is 384 g/mol. The fraction of sp³-hybridized carbons (Fsp3) is 0.474. The van der Waals surface area contributed by atoms with Crippen LogP contribution in [-0.4, -0.2) is 62.0 Å². The van der Waals surface area contributed by atoms with E-state index in [1.165, 1.54) is 0 Å². The Hall–Kier alpha value is -2.45. The van der Waals surface area contributed by atoms with Crippen molar-refractivity contribution in [2.24, 2.45) is 0 Å². The Morgan fingerprint density at radius 2 is 1.86 bits per heavy atom. The molecule has 8 nitrogen and oxygen atoms in total. The average Bonchev–Trinajstić information content (AvgIpc) is 3.14. The molecule has 0 spiro atoms. The smallest absolute Gasteiger partial charge is 0.274 e. The fourth-order valence-corrected chi connectivity index (χ4v) is 3.04. The maximum atomic E-state index is 12.7. The summed E-state index contributed by atoms with van der Waals surface area (Å²) in [5.41, 5.74) is 2.55. The van der Waals surface area contributed by atoms with Crippen LogP contribution in [-0.2, 0) is 13.0 Å². The van der Waals surface area contributed by atoms with Crippen LogP contribution in [0.25, 0.3) is 0 Å². The molecule has 0 radical (unpaired) electrons. The highest BCUT2D eigenvalue weighted by atomic mass is 35.5. The first-order valence-electron chi connectivity index (χ1n) is 9.00. The first kappa shape index (κ1) is 21.8. The van der Waals surface area contributed by atoms with E-state index >= 15 is 0 Å². The zero-order valence-corrected chi connectivity index (χ0v) is 17.2. The summed E-state index contributed by atoms with van der Waals surface area (Å²) in [4.78, 5) is 14.3. The predicted molar refractivity (Wildman–Crippen MR) is 108 cm³/mol. The van der Waals surface area contributed by atoms with E-state index in [1.54, 1.807) is 44.4 Å². The Bertz CT molecular complexity index is 774. The molecule has 2 N–H and O–H groups in total. The molecule has 2 aromatic rings. The van der Waals surface area contributed by atoms with Crippen LogP contribution < -0.4 is 19.5 Å². The van der Waals surface area contributed by atoms with Crippen molar-refractivity contribution in [3.05, 3.63) is 35.2 Å². The summed E-state index contributed by atoms with van der Waals surface area (Å²) in [6.45, 7) is 2.65. The normalized spacial score (nSPS) is 12.5. The monoisotopic (exact) mass is 410 g/mol. The van der Waals surface area contributed by atoms with E-state index in [2.05, 4.69) is 15.5 Å². The summed E-state index contributed by atoms with van der Waals surface area (Å²) in [7, 11) is 4.99. The van der Waals surface area contributed by atoms with Gasteiger partial charge in [0.15, 0.2) is 5.69 Å². The van der Waals surface area contributed by atoms with Gasteiger partial charge in [0.2, 0.25) is 0 Å². The van der Waals surface area contributed by atoms with Gasteiger partial charge in [-0.15, -0.1) is 12.4 Å². The van der Waals surface area contributed by atoms with Gasteiger partial charge in [0.05, 0.1) is 20.8 Å². The number of nitrogens with zero attached hydrogens (tertiary/aromatic N) is 2. The van der Waals surface area contributed by atoms with Gasteiger partial charge in [0.1, 0.15) is 17.2 Å². The van der Waals surface area contributed by atoms with Crippen molar-refractivity contribution in [3.8, 4) is 17.2 Å². The summed E-state index contributed by atoms with van der Waals surface area (Å²) < 4.78 is 16.2. The van der Waals surface area contributed by atoms with Gasteiger partial charge in [0, 0.05) is 62.6 Å². The van der Waals surface area contributed by atoms with Crippen molar-refractivity contribution in [2.75, 3.05) is 41.0 Å². The summed E-state index contributed by atoms with van der Waals surface area (Å²) in [5.74, 6) is 1.95. The second-order valence-electron chi connectivity index (χ2n) is 6.43. The van der Waals surface area contributed by atoms with Crippen LogP contribution in [0.2, 0.25) is 0 Å². The van der Waals surface area contributed by atoms with Crippen LogP contribution in [0, 0.1) is 0 Å². The maximum absolute atomic E-state index is 12.7. The molecule has 1 aromatic heterocycles. The lowest BCUT2D eigenvalue weighted by atomic mass is 10.1. The summed E-state index contributed by atoms with van der Waals surface area (Å²) in [6.07, 6.45) is 1.57. The Balaban J connectivity index is 0.00000280. The van der Waals surface area contributed by atoms with Crippen LogP contribution in [0.5, 0.6) is 17.2 Å². The minimum absolute atomic E-state index is 0. The SMILES string of the molecule is COc1cc(OC)cc(OCCCN(C)C(=O)c2n[nH]c3c2CNCC3)c1.Cl. The van der Waals surface area contributed by atoms with Gasteiger partial charge >= 0.3 is 0 Å². The second-order valence-corrected chi connectivity index (χ2v) is 6.43. The first-order valence-corrected chi connectivity index (χ1v) is 9.00. The number of benzene rings is 1. The Morgan fingerprint density at radius 3 is 2.54 bits per heavy atom. The molecular formula is C19H27ClN4O4. The highest BCUT2D eigenvalue weighted by Gasteiger charge is 2.23. The average molecular weight is 411 g/mol. The van der Waals surface area contributed by atoms with Crippen LogP contribution in [0.3, 0.4) is 0 Å². The molecule has 0 saturated heterocycles. The molecule has 1 amide bonds. The van der Waals surface area contributed by atoms with Gasteiger partial charge in [-0.05, 0) is 6.42 Å². The molecule has 3 rings (SSSR count). The molecule has 0 atom stereocenters. The van der Waals surface area contributed by atoms with Crippen molar-refractivity contribution < 1.29 is 19.0 Å². The third kappa shape index (κ3) is 5.08. The van der Waals surface area contributed by atoms with Gasteiger partial charge in [-0.1, -0.05) is 0 Å². The molecule has 0 unspecified atom stereocenters. The van der Waals surface area contributed by atoms with Crippen LogP contribution in [0.4, 0.5) is 0 Å². The molecule has 154 valence electrons. The quantitative estimate of drug-likeness (QED) is 0.647. The number of amides is 1. The molecule has 1 aliphatic rings. The minimum atomic E-state index is -0.0701. The van der Waals surface area contributed by atoms with Crippen molar-refractivity contribution in [1.82, 2.24) is 20.4 Å². The second kappa shape index (κ2) is 10.2. The number of nitrogens with one attached hydrogen (secondary N) is 2. The number of ether oxygens (including phenoxy) is 3. The van der Waals surface area contributed by atoms with Crippen LogP contribution in [0.15, 0.2) is 18.2 Å². The molecule has 1 aliphatic heterocycles. The number of carbonyl (C=O) groups excluding carboxylic acids is 1. The highest BCUT2D eigenvalue weighted by molar-refractivity contribution is 5.93. The van der Waals surface area contributed by atoms with E-state index in [9.17, 15) is 4.79 Å². The van der Waals surface area contributed by atoms with Gasteiger partial charge in [-0.25, -0.2) is 0 Å². The van der Waals surface area contributed by atoms with Gasteiger partial charge < -0.3 is 24.4 Å². The number of halogens is 1. The topological polar surface area (TPSA) is 88.7 Å². The zero-order chi connectivity index (χ0) is 19.2. The molecule has 0 bridgehead atoms. The van der Waals surface area contributed by atoms with E-state index < -0.39 is 0 Å². The molecule has 2 heterocycles. The Kier molecular flexibility index (Phi) is 7.95. The maximum Gasteiger partial charge on any atom is 0.274 e. The van der Waals surface area contributed by atoms with Gasteiger partial charge in [-0.2, -0.15) is 5.10 Å². The van der Waals surface area contributed by atoms with Crippen molar-refractivity contribution in [3.63, 3.8) is 0 Å². The van der Waals surface area contributed by atoms with Gasteiger partial charge in [-0.3, -0.25) is 9.89 Å². The number of aromatic amines is 1. The van der Waals surface area contributed by atoms with Crippen molar-refractivity contribution in [1.29, 1.82) is 0 Å². The third-order valence-electron chi connectivity index (χ3n) is 4.59. The highest BCUT2D eigenvalue weighted by Crippen LogP contribution is 2.27. The van der Waals surface area contributed by atoms with E-state index in [0.29, 0.717) is 49.1 Å². The minimum Gasteiger partial charge on any atom is -0.496 e. The van der Waals surface area contributed by atoms with Crippen molar-refractivity contribution in [2.45, 2.75) is 19.4 Å². The molecule has 0 fully saturated rings. The standard InChI is InChI=1S/C19H26N4O4.ClH/c1-23(19(24)18-16-12-20-6-5-17(16)21-22-18)7-4-8-27-15-10-13(25-2)9-14(11-15)26-3;/h9-11,20H,4-8,12H2,1-3H3,(H,21,22);1H. The molecule has 28 heavy (non-hydrogen) atoms. The lowest BCUT2D eigenvalue weighted by molar-refractivity contribution is 0.0780. The third-order valence-corrected chi connectivity index (χ3v) is 4.59. The van der Waals surface area contributed by atoms with E-state index in [0.717, 1.165) is 24.2 Å². The lowest BCUT2D eigenvalue weighted by Crippen LogP contribution is -2.31. The van der Waals surface area contributed by atoms with E-state index in [4.69, 9.17) is 14.2 Å². The van der Waals surface area contributed by atoms with Crippen molar-refractivity contribution >= 4 is 18.3 Å². The largest absolute Gasteiger partial charge is 0.496 e. The number of fused-ring (bicyclic) bond motifs is 1. The lowest BCUT2D eigenvalue weighted by Gasteiger charge is -2.18. The summed E-state index contributed by atoms with van der Waals surface area (Å²) in [6, 6.07) is 5.40. The number of carbonyl (C=O) groups is 1. The molecule has 0 saturated carbocycles. The van der Waals surface area contributed by atoms with E-state index in [-0.39, 0.29) is 18.3 Å². The van der Waals surface area contributed by atoms with Crippen LogP contribution in [0.1, 0.15) is 28.2 Å². The predicted octanol–water partition coefficient (Wildman–Crippen LogP) is 2.04. The number of H-pyrrole nitrogens is 1. The Morgan fingerprint density at radius 1 is 1.18 bits per heavy atom. The van der Waals surface area contributed by atoms with E-state index in [1.807, 2.05) is 0 Å². The number of hydrogen-bond donors (Lipinski definition) is 2. The number of rotatable bonds is 8. The summed E-state index contributed by atoms with van der Waals surface area (Å²) in [5, 5.41) is 10.5. The zero-order valence-electron chi connectivity index (χ0n) is 16.4. The summed E-state index contributed by atoms with van der Waals surface area (Å²) >= 11 is 0. The Labute approximate surface area is 170 Å². The number of methoxy groups -OCH3 is 2. The molecule has 9 heteroatoms. The molecule has 1 aromatic carbocycles. The number of hydrogen-bond acceptors (Lipinski definition) is 6. The molecule has 0 aliphatic carbocycles. The van der Waals surface area contributed by atoms with Crippen LogP contribution >= 0.6 is 12.4 Å². The number of aromatic nitrogens is 2. The first-order chi connectivity index (χ1) is 13.1.